The highest BCUT2D eigenvalue weighted by molar-refractivity contribution is 7.10. The molecule has 0 N–H and O–H groups in total. The predicted molar refractivity (Wildman–Crippen MR) is 82.9 cm³/mol. The van der Waals surface area contributed by atoms with Crippen LogP contribution in [-0.4, -0.2) is 16.6 Å². The number of thiazole rings is 1. The summed E-state index contributed by atoms with van der Waals surface area (Å²) in [5.74, 6) is -0.0861. The van der Waals surface area contributed by atoms with Gasteiger partial charge in [-0.05, 0) is 18.4 Å². The van der Waals surface area contributed by atoms with E-state index in [0.717, 1.165) is 17.8 Å². The van der Waals surface area contributed by atoms with Crippen molar-refractivity contribution in [1.82, 2.24) is 4.98 Å². The number of aromatic nitrogens is 1. The summed E-state index contributed by atoms with van der Waals surface area (Å²) in [4.78, 5) is 16.3. The van der Waals surface area contributed by atoms with Crippen LogP contribution in [0.1, 0.15) is 46.7 Å². The van der Waals surface area contributed by atoms with E-state index >= 15 is 0 Å². The van der Waals surface area contributed by atoms with Crippen LogP contribution >= 0.6 is 22.9 Å². The molecule has 104 valence electrons. The Kier molecular flexibility index (Phi) is 3.90. The number of carbonyl (C=O) groups is 1. The van der Waals surface area contributed by atoms with Crippen molar-refractivity contribution in [3.05, 3.63) is 52.0 Å². The van der Waals surface area contributed by atoms with E-state index in [1.807, 2.05) is 11.4 Å². The molecule has 20 heavy (non-hydrogen) atoms. The van der Waals surface area contributed by atoms with Gasteiger partial charge in [-0.2, -0.15) is 0 Å². The first-order chi connectivity index (χ1) is 9.76. The number of hydrogen-bond acceptors (Lipinski definition) is 3. The molecule has 1 fully saturated rings. The van der Waals surface area contributed by atoms with Crippen molar-refractivity contribution in [3.63, 3.8) is 0 Å². The highest BCUT2D eigenvalue weighted by Crippen LogP contribution is 2.47. The van der Waals surface area contributed by atoms with E-state index in [1.54, 1.807) is 11.3 Å². The molecule has 2 nitrogen and oxygen atoms in total. The first-order valence-electron chi connectivity index (χ1n) is 6.87. The molecule has 0 radical (unpaired) electrons. The molecule has 1 aromatic heterocycles. The summed E-state index contributed by atoms with van der Waals surface area (Å²) in [6.07, 6.45) is 4.65. The van der Waals surface area contributed by atoms with Crippen molar-refractivity contribution in [3.8, 4) is 0 Å². The monoisotopic (exact) mass is 305 g/mol. The van der Waals surface area contributed by atoms with Crippen LogP contribution in [0.25, 0.3) is 0 Å². The Bertz CT molecular complexity index is 602. The maximum atomic E-state index is 11.7. The first kappa shape index (κ1) is 13.8. The molecule has 1 aromatic carbocycles. The highest BCUT2D eigenvalue weighted by Gasteiger charge is 2.40. The van der Waals surface area contributed by atoms with Crippen LogP contribution in [0.3, 0.4) is 0 Å². The fourth-order valence-electron chi connectivity index (χ4n) is 3.05. The zero-order chi connectivity index (χ0) is 14.0. The minimum Gasteiger partial charge on any atom is -0.291 e. The molecule has 0 atom stereocenters. The number of rotatable bonds is 4. The minimum absolute atomic E-state index is 0.00150. The summed E-state index contributed by atoms with van der Waals surface area (Å²) < 4.78 is 0. The maximum Gasteiger partial charge on any atom is 0.196 e. The van der Waals surface area contributed by atoms with Gasteiger partial charge in [0, 0.05) is 10.8 Å². The molecule has 0 saturated heterocycles. The lowest BCUT2D eigenvalue weighted by Crippen LogP contribution is -2.23. The van der Waals surface area contributed by atoms with Crippen LogP contribution < -0.4 is 0 Å². The molecule has 1 saturated carbocycles. The van der Waals surface area contributed by atoms with E-state index < -0.39 is 0 Å². The molecule has 0 amide bonds. The van der Waals surface area contributed by atoms with Crippen LogP contribution in [0.5, 0.6) is 0 Å². The van der Waals surface area contributed by atoms with E-state index in [-0.39, 0.29) is 17.1 Å². The molecule has 1 aliphatic rings. The lowest BCUT2D eigenvalue weighted by atomic mass is 9.79. The number of Topliss-reactive ketones (excluding diaryl/α,β-unsaturated/α-hetero) is 1. The van der Waals surface area contributed by atoms with Crippen molar-refractivity contribution in [1.29, 1.82) is 0 Å². The lowest BCUT2D eigenvalue weighted by Gasteiger charge is -2.27. The molecule has 3 rings (SSSR count). The van der Waals surface area contributed by atoms with Gasteiger partial charge in [0.05, 0.1) is 5.88 Å². The summed E-state index contributed by atoms with van der Waals surface area (Å²) in [6, 6.07) is 10.5. The third-order valence-corrected chi connectivity index (χ3v) is 5.39. The number of ketones is 1. The molecule has 2 aromatic rings. The zero-order valence-corrected chi connectivity index (χ0v) is 12.7. The Morgan fingerprint density at radius 2 is 1.95 bits per heavy atom. The Hall–Kier alpha value is -1.19. The predicted octanol–water partition coefficient (Wildman–Crippen LogP) is 4.42. The van der Waals surface area contributed by atoms with Gasteiger partial charge in [0.2, 0.25) is 0 Å². The summed E-state index contributed by atoms with van der Waals surface area (Å²) in [5, 5.41) is 2.91. The number of hydrogen-bond donors (Lipinski definition) is 0. The van der Waals surface area contributed by atoms with Gasteiger partial charge in [0.15, 0.2) is 5.78 Å². The van der Waals surface area contributed by atoms with Crippen LogP contribution in [0.15, 0.2) is 35.7 Å². The third-order valence-electron chi connectivity index (χ3n) is 4.10. The van der Waals surface area contributed by atoms with Gasteiger partial charge >= 0.3 is 0 Å². The fraction of sp³-hybridized carbons (Fsp3) is 0.375. The standard InChI is InChI=1S/C16H16ClNOS/c17-10-14(19)13-11-20-15(18-13)16(8-4-5-9-16)12-6-2-1-3-7-12/h1-3,6-7,11H,4-5,8-10H2. The number of halogens is 1. The topological polar surface area (TPSA) is 30.0 Å². The molecular weight excluding hydrogens is 290 g/mol. The Labute approximate surface area is 127 Å². The lowest BCUT2D eigenvalue weighted by molar-refractivity contribution is 0.101. The van der Waals surface area contributed by atoms with Crippen LogP contribution in [0.4, 0.5) is 0 Å². The van der Waals surface area contributed by atoms with Crippen molar-refractivity contribution in [2.45, 2.75) is 31.1 Å². The van der Waals surface area contributed by atoms with E-state index in [1.165, 1.54) is 18.4 Å². The molecule has 0 aliphatic heterocycles. The van der Waals surface area contributed by atoms with Crippen molar-refractivity contribution < 1.29 is 4.79 Å². The Balaban J connectivity index is 2.03. The summed E-state index contributed by atoms with van der Waals surface area (Å²) in [6.45, 7) is 0. The van der Waals surface area contributed by atoms with Crippen LogP contribution in [-0.2, 0) is 5.41 Å². The molecule has 1 heterocycles. The second-order valence-electron chi connectivity index (χ2n) is 5.25. The van der Waals surface area contributed by atoms with Gasteiger partial charge < -0.3 is 0 Å². The largest absolute Gasteiger partial charge is 0.291 e. The van der Waals surface area contributed by atoms with E-state index in [2.05, 4.69) is 29.2 Å². The fourth-order valence-corrected chi connectivity index (χ4v) is 4.29. The smallest absolute Gasteiger partial charge is 0.196 e. The van der Waals surface area contributed by atoms with Gasteiger partial charge in [0.1, 0.15) is 10.7 Å². The van der Waals surface area contributed by atoms with Gasteiger partial charge in [-0.25, -0.2) is 4.98 Å². The van der Waals surface area contributed by atoms with E-state index in [4.69, 9.17) is 11.6 Å². The molecule has 1 aliphatic carbocycles. The number of benzene rings is 1. The van der Waals surface area contributed by atoms with E-state index in [0.29, 0.717) is 5.69 Å². The summed E-state index contributed by atoms with van der Waals surface area (Å²) in [7, 11) is 0. The van der Waals surface area contributed by atoms with Gasteiger partial charge in [-0.1, -0.05) is 43.2 Å². The number of alkyl halides is 1. The highest BCUT2D eigenvalue weighted by atomic mass is 35.5. The van der Waals surface area contributed by atoms with Gasteiger partial charge in [-0.3, -0.25) is 4.79 Å². The summed E-state index contributed by atoms with van der Waals surface area (Å²) >= 11 is 7.22. The summed E-state index contributed by atoms with van der Waals surface area (Å²) in [5.41, 5.74) is 1.83. The van der Waals surface area contributed by atoms with Gasteiger partial charge in [0.25, 0.3) is 0 Å². The average molecular weight is 306 g/mol. The Morgan fingerprint density at radius 1 is 1.25 bits per heavy atom. The van der Waals surface area contributed by atoms with Crippen molar-refractivity contribution >= 4 is 28.7 Å². The van der Waals surface area contributed by atoms with Crippen molar-refractivity contribution in [2.75, 3.05) is 5.88 Å². The minimum atomic E-state index is -0.0876. The molecular formula is C16H16ClNOS. The molecule has 0 unspecified atom stereocenters. The molecule has 4 heteroatoms. The van der Waals surface area contributed by atoms with E-state index in [9.17, 15) is 4.79 Å². The SMILES string of the molecule is O=C(CCl)c1csc(C2(c3ccccc3)CCCC2)n1. The zero-order valence-electron chi connectivity index (χ0n) is 11.1. The Morgan fingerprint density at radius 3 is 2.60 bits per heavy atom. The second kappa shape index (κ2) is 5.66. The third kappa shape index (κ3) is 2.29. The van der Waals surface area contributed by atoms with Crippen LogP contribution in [0.2, 0.25) is 0 Å². The number of carbonyl (C=O) groups excluding carboxylic acids is 1. The quantitative estimate of drug-likeness (QED) is 0.618. The van der Waals surface area contributed by atoms with Crippen LogP contribution in [0, 0.1) is 0 Å². The molecule has 0 bridgehead atoms. The average Bonchev–Trinajstić information content (AvgIpc) is 3.17. The van der Waals surface area contributed by atoms with Crippen molar-refractivity contribution in [2.24, 2.45) is 0 Å². The first-order valence-corrected chi connectivity index (χ1v) is 8.28. The maximum absolute atomic E-state index is 11.7. The second-order valence-corrected chi connectivity index (χ2v) is 6.38. The van der Waals surface area contributed by atoms with Gasteiger partial charge in [-0.15, -0.1) is 22.9 Å². The molecule has 0 spiro atoms. The normalized spacial score (nSPS) is 17.2. The number of nitrogens with zero attached hydrogens (tertiary/aromatic N) is 1.